The second kappa shape index (κ2) is 26.1. The Bertz CT molecular complexity index is 6460. The maximum Gasteiger partial charge on any atom is 0.252 e. The van der Waals surface area contributed by atoms with Gasteiger partial charge in [-0.25, -0.2) is 0 Å². The number of benzene rings is 15. The molecule has 4 nitrogen and oxygen atoms in total. The molecule has 0 atom stereocenters. The Morgan fingerprint density at radius 3 is 1.32 bits per heavy atom. The van der Waals surface area contributed by atoms with E-state index < -0.39 is 0 Å². The fourth-order valence-corrected chi connectivity index (χ4v) is 17.6. The summed E-state index contributed by atoms with van der Waals surface area (Å²) in [6, 6.07) is 125. The van der Waals surface area contributed by atoms with Gasteiger partial charge in [0.1, 0.15) is 11.2 Å². The van der Waals surface area contributed by atoms with Gasteiger partial charge in [0.2, 0.25) is 0 Å². The first kappa shape index (κ1) is 69.1. The minimum Gasteiger partial charge on any atom is -0.456 e. The standard InChI is InChI=1S/C106H90BN3O/c1-103(2,3)77-49-43-68(44-50-77)72-45-52-88-96(62-72)110(92-53-46-71(67-29-16-13-17-30-67)59-85(92)69-31-18-14-19-32-69)98-64-76(75-57-79(105(7,8)9)65-80(58-75)106(10,11)12)63-97-102(98)107(88)89-61-74(47-54-94(89)109(97)93-55-51-78(104(4,5)6)66-86(93)70-33-20-15-21-34-70)101-81(73-48-56-100-87(60-73)84-37-24-27-42-99(84)111-100)38-28-41-95(101)108-90-39-25-22-35-82(90)83-36-23-26-40-91(83)108/h13-66H,1-12H3. The van der Waals surface area contributed by atoms with E-state index in [1.807, 2.05) is 0 Å². The summed E-state index contributed by atoms with van der Waals surface area (Å²) in [5.41, 5.74) is 36.3. The number of fused-ring (bicyclic) bond motifs is 10. The molecule has 0 bridgehead atoms. The maximum atomic E-state index is 6.60. The minimum atomic E-state index is -0.292. The van der Waals surface area contributed by atoms with Crippen LogP contribution in [0.15, 0.2) is 332 Å². The van der Waals surface area contributed by atoms with Gasteiger partial charge in [-0.15, -0.1) is 0 Å². The highest BCUT2D eigenvalue weighted by Gasteiger charge is 2.45. The van der Waals surface area contributed by atoms with Gasteiger partial charge in [-0.3, -0.25) is 0 Å². The Labute approximate surface area is 653 Å². The van der Waals surface area contributed by atoms with Crippen molar-refractivity contribution in [1.29, 1.82) is 0 Å². The third kappa shape index (κ3) is 11.9. The van der Waals surface area contributed by atoms with Gasteiger partial charge in [-0.2, -0.15) is 0 Å². The summed E-state index contributed by atoms with van der Waals surface area (Å²) in [5, 5.41) is 4.61. The number of nitrogens with zero attached hydrogens (tertiary/aromatic N) is 3. The molecule has 5 heteroatoms. The molecule has 0 unspecified atom stereocenters. The smallest absolute Gasteiger partial charge is 0.252 e. The van der Waals surface area contributed by atoms with Gasteiger partial charge in [-0.1, -0.05) is 326 Å². The first-order valence-electron chi connectivity index (χ1n) is 39.4. The van der Waals surface area contributed by atoms with Crippen molar-refractivity contribution in [2.24, 2.45) is 0 Å². The van der Waals surface area contributed by atoms with Crippen molar-refractivity contribution in [2.75, 3.05) is 9.80 Å². The Balaban J connectivity index is 0.972. The van der Waals surface area contributed by atoms with Gasteiger partial charge in [0.05, 0.1) is 28.1 Å². The van der Waals surface area contributed by atoms with Crippen LogP contribution in [-0.4, -0.2) is 11.3 Å². The first-order valence-corrected chi connectivity index (χ1v) is 39.4. The monoisotopic (exact) mass is 1430 g/mol. The van der Waals surface area contributed by atoms with Gasteiger partial charge < -0.3 is 18.8 Å². The second-order valence-electron chi connectivity index (χ2n) is 34.9. The van der Waals surface area contributed by atoms with E-state index in [0.29, 0.717) is 0 Å². The van der Waals surface area contributed by atoms with Crippen molar-refractivity contribution in [3.8, 4) is 83.6 Å². The average molecular weight is 1430 g/mol. The van der Waals surface area contributed by atoms with Crippen LogP contribution >= 0.6 is 0 Å². The van der Waals surface area contributed by atoms with Crippen LogP contribution in [0.4, 0.5) is 34.1 Å². The molecule has 19 rings (SSSR count). The van der Waals surface area contributed by atoms with Crippen LogP contribution < -0.4 is 26.2 Å². The molecule has 0 fully saturated rings. The minimum absolute atomic E-state index is 0.0191. The molecule has 17 aromatic rings. The Morgan fingerprint density at radius 2 is 0.694 bits per heavy atom. The molecule has 2 aromatic heterocycles. The van der Waals surface area contributed by atoms with E-state index in [4.69, 9.17) is 4.42 Å². The van der Waals surface area contributed by atoms with Crippen LogP contribution in [0.1, 0.15) is 105 Å². The van der Waals surface area contributed by atoms with Crippen molar-refractivity contribution < 1.29 is 4.42 Å². The van der Waals surface area contributed by atoms with E-state index in [-0.39, 0.29) is 28.4 Å². The van der Waals surface area contributed by atoms with E-state index in [0.717, 1.165) is 128 Å². The van der Waals surface area contributed by atoms with Crippen molar-refractivity contribution in [3.63, 3.8) is 0 Å². The van der Waals surface area contributed by atoms with Gasteiger partial charge in [0, 0.05) is 61.0 Å². The van der Waals surface area contributed by atoms with Crippen molar-refractivity contribution in [3.05, 3.63) is 350 Å². The summed E-state index contributed by atoms with van der Waals surface area (Å²) in [6.45, 7) is 27.8. The first-order chi connectivity index (χ1) is 53.6. The Hall–Kier alpha value is -12.4. The topological polar surface area (TPSA) is 24.6 Å². The molecular formula is C106H90BN3O. The molecule has 4 heterocycles. The third-order valence-corrected chi connectivity index (χ3v) is 23.6. The molecule has 538 valence electrons. The highest BCUT2D eigenvalue weighted by atomic mass is 16.3. The molecule has 0 aliphatic carbocycles. The normalized spacial score (nSPS) is 13.0. The van der Waals surface area contributed by atoms with E-state index in [2.05, 4.69) is 425 Å². The second-order valence-corrected chi connectivity index (χ2v) is 34.9. The largest absolute Gasteiger partial charge is 0.456 e. The number of hydrogen-bond donors (Lipinski definition) is 0. The molecule has 0 saturated carbocycles. The number of hydrogen-bond acceptors (Lipinski definition) is 3. The molecule has 2 aliphatic heterocycles. The SMILES string of the molecule is CC(C)(C)c1ccc(-c2ccc3c(c2)N(c2ccc(-c4ccccc4)cc2-c2ccccc2)c2cc(-c4cc(C(C)(C)C)cc(C(C)(C)C)c4)cc4c2B3c2cc(-c3c(-c5ccc6oc7ccccc7c6c5)cccc3-n3c5ccccc5c5ccccc53)ccc2N4c2ccc(C(C)(C)C)cc2-c2ccccc2)cc1. The lowest BCUT2D eigenvalue weighted by molar-refractivity contribution is 0.569. The zero-order chi connectivity index (χ0) is 76.0. The fraction of sp³-hybridized carbons (Fsp3) is 0.151. The number of para-hydroxylation sites is 3. The van der Waals surface area contributed by atoms with Crippen molar-refractivity contribution in [2.45, 2.75) is 105 Å². The summed E-state index contributed by atoms with van der Waals surface area (Å²) >= 11 is 0. The van der Waals surface area contributed by atoms with Crippen LogP contribution in [-0.2, 0) is 21.7 Å². The molecule has 15 aromatic carbocycles. The maximum absolute atomic E-state index is 6.60. The predicted molar refractivity (Wildman–Crippen MR) is 475 cm³/mol. The van der Waals surface area contributed by atoms with Crippen LogP contribution in [0, 0.1) is 0 Å². The van der Waals surface area contributed by atoms with Crippen molar-refractivity contribution >= 4 is 101 Å². The Morgan fingerprint density at radius 1 is 0.234 bits per heavy atom. The quantitative estimate of drug-likeness (QED) is 0.128. The summed E-state index contributed by atoms with van der Waals surface area (Å²) in [5.74, 6) is 0. The number of furan rings is 1. The molecule has 0 N–H and O–H groups in total. The van der Waals surface area contributed by atoms with E-state index in [9.17, 15) is 0 Å². The average Bonchev–Trinajstić information content (AvgIpc) is 1.22. The van der Waals surface area contributed by atoms with E-state index in [1.54, 1.807) is 0 Å². The van der Waals surface area contributed by atoms with Crippen LogP contribution in [0.25, 0.3) is 127 Å². The molecular weight excluding hydrogens is 1340 g/mol. The van der Waals surface area contributed by atoms with Gasteiger partial charge in [-0.05, 0) is 206 Å². The summed E-state index contributed by atoms with van der Waals surface area (Å²) in [4.78, 5) is 5.35. The molecule has 0 amide bonds. The van der Waals surface area contributed by atoms with E-state index in [1.165, 1.54) is 71.7 Å². The Kier molecular flexibility index (Phi) is 16.3. The lowest BCUT2D eigenvalue weighted by atomic mass is 9.33. The van der Waals surface area contributed by atoms with Crippen LogP contribution in [0.5, 0.6) is 0 Å². The third-order valence-electron chi connectivity index (χ3n) is 23.6. The predicted octanol–water partition coefficient (Wildman–Crippen LogP) is 27.6. The van der Waals surface area contributed by atoms with Gasteiger partial charge in [0.25, 0.3) is 6.71 Å². The van der Waals surface area contributed by atoms with Gasteiger partial charge >= 0.3 is 0 Å². The molecule has 0 spiro atoms. The summed E-state index contributed by atoms with van der Waals surface area (Å²) < 4.78 is 9.12. The summed E-state index contributed by atoms with van der Waals surface area (Å²) in [6.07, 6.45) is 0. The molecule has 0 radical (unpaired) electrons. The fourth-order valence-electron chi connectivity index (χ4n) is 17.6. The lowest BCUT2D eigenvalue weighted by Crippen LogP contribution is -2.61. The number of aromatic nitrogens is 1. The highest BCUT2D eigenvalue weighted by Crippen LogP contribution is 2.53. The zero-order valence-corrected chi connectivity index (χ0v) is 65.5. The molecule has 111 heavy (non-hydrogen) atoms. The molecule has 0 saturated heterocycles. The van der Waals surface area contributed by atoms with Crippen LogP contribution in [0.2, 0.25) is 0 Å². The number of anilines is 6. The van der Waals surface area contributed by atoms with E-state index >= 15 is 0 Å². The zero-order valence-electron chi connectivity index (χ0n) is 65.5. The van der Waals surface area contributed by atoms with Crippen LogP contribution in [0.3, 0.4) is 0 Å². The highest BCUT2D eigenvalue weighted by molar-refractivity contribution is 7.00. The number of rotatable bonds is 10. The van der Waals surface area contributed by atoms with Crippen molar-refractivity contribution in [1.82, 2.24) is 4.57 Å². The van der Waals surface area contributed by atoms with Gasteiger partial charge in [0.15, 0.2) is 0 Å². The summed E-state index contributed by atoms with van der Waals surface area (Å²) in [7, 11) is 0. The molecule has 2 aliphatic rings. The lowest BCUT2D eigenvalue weighted by Gasteiger charge is -2.45.